The normalized spacial score (nSPS) is 15.7. The molecule has 2 heterocycles. The third-order valence-electron chi connectivity index (χ3n) is 6.63. The van der Waals surface area contributed by atoms with Crippen LogP contribution in [0.3, 0.4) is 0 Å². The number of rotatable bonds is 5. The van der Waals surface area contributed by atoms with Crippen LogP contribution in [0.25, 0.3) is 17.2 Å². The van der Waals surface area contributed by atoms with Crippen molar-refractivity contribution in [2.24, 2.45) is 10.7 Å². The monoisotopic (exact) mass is 472 g/mol. The number of hydrogen-bond acceptors (Lipinski definition) is 4. The first-order valence-corrected chi connectivity index (χ1v) is 12.6. The van der Waals surface area contributed by atoms with Crippen LogP contribution < -0.4 is 5.73 Å². The highest BCUT2D eigenvalue weighted by Gasteiger charge is 2.29. The fourth-order valence-corrected chi connectivity index (χ4v) is 4.75. The zero-order valence-electron chi connectivity index (χ0n) is 21.3. The van der Waals surface area contributed by atoms with Gasteiger partial charge in [0.05, 0.1) is 5.69 Å². The maximum absolute atomic E-state index is 13.4. The number of carbonyl (C=O) groups excluding carboxylic acids is 2. The molecular weight excluding hydrogens is 436 g/mol. The number of amidine groups is 1. The van der Waals surface area contributed by atoms with Crippen LogP contribution in [0.5, 0.6) is 0 Å². The first-order valence-electron chi connectivity index (χ1n) is 12.6. The highest BCUT2D eigenvalue weighted by atomic mass is 16.2. The zero-order valence-corrected chi connectivity index (χ0v) is 21.3. The lowest BCUT2D eigenvalue weighted by Gasteiger charge is -2.36. The molecule has 0 saturated carbocycles. The number of carbonyl (C=O) groups is 2. The Kier molecular flexibility index (Phi) is 7.10. The number of likely N-dealkylation sites (tertiary alicyclic amines) is 1. The lowest BCUT2D eigenvalue weighted by molar-refractivity contribution is -0.131. The average Bonchev–Trinajstić information content (AvgIpc) is 3.30. The molecule has 35 heavy (non-hydrogen) atoms. The first kappa shape index (κ1) is 24.7. The smallest absolute Gasteiger partial charge is 0.253 e. The molecule has 6 heteroatoms. The molecule has 0 spiro atoms. The molecule has 1 saturated heterocycles. The number of benzene rings is 2. The fourth-order valence-electron chi connectivity index (χ4n) is 4.75. The van der Waals surface area contributed by atoms with E-state index in [9.17, 15) is 9.59 Å². The van der Waals surface area contributed by atoms with Crippen LogP contribution in [0.15, 0.2) is 53.0 Å². The minimum atomic E-state index is -0.277. The first-order chi connectivity index (χ1) is 16.7. The Hall–Kier alpha value is -3.41. The van der Waals surface area contributed by atoms with Crippen molar-refractivity contribution in [1.82, 2.24) is 9.80 Å². The van der Waals surface area contributed by atoms with Crippen molar-refractivity contribution in [3.63, 3.8) is 0 Å². The Morgan fingerprint density at radius 1 is 1.03 bits per heavy atom. The molecule has 2 aliphatic heterocycles. The van der Waals surface area contributed by atoms with E-state index < -0.39 is 0 Å². The largest absolute Gasteiger partial charge is 0.387 e. The van der Waals surface area contributed by atoms with Gasteiger partial charge in [-0.25, -0.2) is 4.99 Å². The number of fused-ring (bicyclic) bond motifs is 1. The predicted octanol–water partition coefficient (Wildman–Crippen LogP) is 5.40. The molecule has 2 aromatic carbocycles. The molecule has 4 rings (SSSR count). The second kappa shape index (κ2) is 10.1. The van der Waals surface area contributed by atoms with Gasteiger partial charge in [-0.1, -0.05) is 31.2 Å². The Balaban J connectivity index is 1.61. The van der Waals surface area contributed by atoms with Crippen LogP contribution in [0.2, 0.25) is 0 Å². The van der Waals surface area contributed by atoms with Crippen LogP contribution in [0, 0.1) is 0 Å². The van der Waals surface area contributed by atoms with Crippen molar-refractivity contribution in [3.05, 3.63) is 59.2 Å². The van der Waals surface area contributed by atoms with E-state index in [2.05, 4.69) is 32.7 Å². The number of nitrogens with two attached hydrogens (primary N) is 1. The van der Waals surface area contributed by atoms with Gasteiger partial charge in [-0.3, -0.25) is 9.59 Å². The second-order valence-electron chi connectivity index (χ2n) is 10.4. The molecule has 2 N–H and O–H groups in total. The summed E-state index contributed by atoms with van der Waals surface area (Å²) in [5, 5.41) is 0. The standard InChI is InChI=1S/C29H36N4O2/c1-5-14-33(29(2,3)4)28(35)24-17-23-13-12-22(18-25(23)31-26(30)19-24)20-8-10-21(11-9-20)27(34)32-15-6-7-16-32/h8-13,17-18H,5-7,14-16,19H2,1-4H3,(H2,30,31). The SMILES string of the molecule is CCCN(C(=O)C1=Cc2ccc(-c3ccc(C(=O)N4CCCC4)cc3)cc2N=C(N)C1)C(C)(C)C. The van der Waals surface area contributed by atoms with Crippen molar-refractivity contribution in [1.29, 1.82) is 0 Å². The average molecular weight is 473 g/mol. The van der Waals surface area contributed by atoms with Crippen LogP contribution in [0.1, 0.15) is 69.3 Å². The molecule has 2 amide bonds. The lowest BCUT2D eigenvalue weighted by atomic mass is 9.98. The van der Waals surface area contributed by atoms with Gasteiger partial charge in [0.25, 0.3) is 11.8 Å². The molecule has 0 radical (unpaired) electrons. The van der Waals surface area contributed by atoms with Gasteiger partial charge in [0, 0.05) is 48.3 Å². The van der Waals surface area contributed by atoms with Gasteiger partial charge in [0.2, 0.25) is 0 Å². The van der Waals surface area contributed by atoms with E-state index in [1.165, 1.54) is 0 Å². The summed E-state index contributed by atoms with van der Waals surface area (Å²) in [5.41, 5.74) is 11.0. The highest BCUT2D eigenvalue weighted by Crippen LogP contribution is 2.33. The molecule has 0 bridgehead atoms. The Morgan fingerprint density at radius 2 is 1.69 bits per heavy atom. The van der Waals surface area contributed by atoms with Gasteiger partial charge in [-0.15, -0.1) is 0 Å². The van der Waals surface area contributed by atoms with E-state index in [1.807, 2.05) is 58.3 Å². The molecule has 184 valence electrons. The third kappa shape index (κ3) is 5.47. The third-order valence-corrected chi connectivity index (χ3v) is 6.63. The van der Waals surface area contributed by atoms with E-state index in [-0.39, 0.29) is 17.4 Å². The van der Waals surface area contributed by atoms with Gasteiger partial charge in [0.1, 0.15) is 5.84 Å². The summed E-state index contributed by atoms with van der Waals surface area (Å²) >= 11 is 0. The molecule has 0 atom stereocenters. The number of hydrogen-bond donors (Lipinski definition) is 1. The van der Waals surface area contributed by atoms with Gasteiger partial charge >= 0.3 is 0 Å². The van der Waals surface area contributed by atoms with E-state index >= 15 is 0 Å². The van der Waals surface area contributed by atoms with Crippen molar-refractivity contribution >= 4 is 29.4 Å². The molecular formula is C29H36N4O2. The molecule has 0 aromatic heterocycles. The van der Waals surface area contributed by atoms with E-state index in [0.717, 1.165) is 54.7 Å². The van der Waals surface area contributed by atoms with Gasteiger partial charge in [0.15, 0.2) is 0 Å². The summed E-state index contributed by atoms with van der Waals surface area (Å²) < 4.78 is 0. The van der Waals surface area contributed by atoms with Crippen LogP contribution >= 0.6 is 0 Å². The Labute approximate surface area is 208 Å². The van der Waals surface area contributed by atoms with Gasteiger partial charge in [-0.2, -0.15) is 0 Å². The predicted molar refractivity (Wildman–Crippen MR) is 143 cm³/mol. The summed E-state index contributed by atoms with van der Waals surface area (Å²) in [6, 6.07) is 13.8. The van der Waals surface area contributed by atoms with E-state index in [0.29, 0.717) is 29.9 Å². The maximum atomic E-state index is 13.4. The summed E-state index contributed by atoms with van der Waals surface area (Å²) in [4.78, 5) is 34.5. The minimum Gasteiger partial charge on any atom is -0.387 e. The number of aliphatic imine (C=N–C) groups is 1. The van der Waals surface area contributed by atoms with Crippen molar-refractivity contribution in [2.45, 2.75) is 58.9 Å². The summed E-state index contributed by atoms with van der Waals surface area (Å²) in [6.07, 6.45) is 5.31. The minimum absolute atomic E-state index is 0.00712. The van der Waals surface area contributed by atoms with Gasteiger partial charge in [-0.05, 0) is 75.4 Å². The maximum Gasteiger partial charge on any atom is 0.253 e. The summed E-state index contributed by atoms with van der Waals surface area (Å²) in [5.74, 6) is 0.535. The molecule has 2 aliphatic rings. The van der Waals surface area contributed by atoms with E-state index in [4.69, 9.17) is 5.73 Å². The molecule has 6 nitrogen and oxygen atoms in total. The topological polar surface area (TPSA) is 79.0 Å². The summed E-state index contributed by atoms with van der Waals surface area (Å²) in [7, 11) is 0. The van der Waals surface area contributed by atoms with Crippen LogP contribution in [-0.2, 0) is 4.79 Å². The molecule has 0 aliphatic carbocycles. The lowest BCUT2D eigenvalue weighted by Crippen LogP contribution is -2.46. The second-order valence-corrected chi connectivity index (χ2v) is 10.4. The van der Waals surface area contributed by atoms with Crippen molar-refractivity contribution in [3.8, 4) is 11.1 Å². The fraction of sp³-hybridized carbons (Fsp3) is 0.414. The van der Waals surface area contributed by atoms with Crippen LogP contribution in [-0.4, -0.2) is 52.6 Å². The summed E-state index contributed by atoms with van der Waals surface area (Å²) in [6.45, 7) is 10.6. The Bertz CT molecular complexity index is 1170. The molecule has 2 aromatic rings. The van der Waals surface area contributed by atoms with Crippen LogP contribution in [0.4, 0.5) is 5.69 Å². The quantitative estimate of drug-likeness (QED) is 0.633. The van der Waals surface area contributed by atoms with Crippen molar-refractivity contribution in [2.75, 3.05) is 19.6 Å². The van der Waals surface area contributed by atoms with Gasteiger partial charge < -0.3 is 15.5 Å². The zero-order chi connectivity index (χ0) is 25.2. The number of amides is 2. The van der Waals surface area contributed by atoms with Crippen molar-refractivity contribution < 1.29 is 9.59 Å². The highest BCUT2D eigenvalue weighted by molar-refractivity contribution is 6.06. The van der Waals surface area contributed by atoms with E-state index in [1.54, 1.807) is 0 Å². The molecule has 1 fully saturated rings. The number of nitrogens with zero attached hydrogens (tertiary/aromatic N) is 3. The molecule has 0 unspecified atom stereocenters. The Morgan fingerprint density at radius 3 is 2.31 bits per heavy atom.